The lowest BCUT2D eigenvalue weighted by atomic mass is 10.4. The van der Waals surface area contributed by atoms with Crippen LogP contribution in [0.1, 0.15) is 0 Å². The molecule has 1 aromatic heterocycles. The molecule has 9 heteroatoms. The summed E-state index contributed by atoms with van der Waals surface area (Å²) in [7, 11) is 3.25. The molecule has 9 nitrogen and oxygen atoms in total. The molecule has 0 bridgehead atoms. The van der Waals surface area contributed by atoms with E-state index in [-0.39, 0.29) is 18.5 Å². The fraction of sp³-hybridized carbons (Fsp3) is 0.636. The zero-order chi connectivity index (χ0) is 14.5. The van der Waals surface area contributed by atoms with Crippen LogP contribution in [0.4, 0.5) is 10.6 Å². The number of urea groups is 1. The number of carbonyl (C=O) groups excluding carboxylic acids is 2. The third-order valence-corrected chi connectivity index (χ3v) is 2.82. The molecule has 0 unspecified atom stereocenters. The van der Waals surface area contributed by atoms with Crippen molar-refractivity contribution in [2.75, 3.05) is 45.7 Å². The van der Waals surface area contributed by atoms with Crippen molar-refractivity contribution in [1.29, 1.82) is 0 Å². The first-order chi connectivity index (χ1) is 9.56. The predicted octanol–water partition coefficient (Wildman–Crippen LogP) is -0.770. The van der Waals surface area contributed by atoms with Crippen LogP contribution in [0.5, 0.6) is 0 Å². The number of nitrogens with zero attached hydrogens (tertiary/aromatic N) is 5. The maximum Gasteiger partial charge on any atom is 0.322 e. The Labute approximate surface area is 116 Å². The van der Waals surface area contributed by atoms with E-state index in [0.29, 0.717) is 32.1 Å². The van der Waals surface area contributed by atoms with E-state index in [0.717, 1.165) is 0 Å². The van der Waals surface area contributed by atoms with Gasteiger partial charge in [-0.25, -0.2) is 4.79 Å². The van der Waals surface area contributed by atoms with Gasteiger partial charge in [0.25, 0.3) is 0 Å². The molecule has 1 aromatic rings. The molecule has 1 N–H and O–H groups in total. The van der Waals surface area contributed by atoms with Crippen molar-refractivity contribution in [2.24, 2.45) is 0 Å². The summed E-state index contributed by atoms with van der Waals surface area (Å²) in [6, 6.07) is -0.295. The van der Waals surface area contributed by atoms with Crippen molar-refractivity contribution < 1.29 is 14.3 Å². The normalized spacial score (nSPS) is 15.0. The van der Waals surface area contributed by atoms with Gasteiger partial charge in [-0.15, -0.1) is 5.10 Å². The molecule has 1 saturated heterocycles. The van der Waals surface area contributed by atoms with Crippen LogP contribution in [0, 0.1) is 0 Å². The quantitative estimate of drug-likeness (QED) is 0.786. The van der Waals surface area contributed by atoms with Gasteiger partial charge in [0.15, 0.2) is 5.82 Å². The first kappa shape index (κ1) is 14.3. The van der Waals surface area contributed by atoms with Crippen LogP contribution in [0.2, 0.25) is 0 Å². The Bertz CT molecular complexity index is 480. The van der Waals surface area contributed by atoms with E-state index in [1.165, 1.54) is 15.9 Å². The number of morpholine rings is 1. The van der Waals surface area contributed by atoms with Crippen molar-refractivity contribution >= 4 is 17.8 Å². The number of anilines is 1. The van der Waals surface area contributed by atoms with Gasteiger partial charge in [0.1, 0.15) is 6.54 Å². The third-order valence-electron chi connectivity index (χ3n) is 2.82. The molecule has 0 radical (unpaired) electrons. The second-order valence-corrected chi connectivity index (χ2v) is 4.58. The average molecular weight is 282 g/mol. The first-order valence-corrected chi connectivity index (χ1v) is 6.30. The lowest BCUT2D eigenvalue weighted by molar-refractivity contribution is -0.136. The maximum atomic E-state index is 12.0. The molecule has 0 aliphatic carbocycles. The fourth-order valence-corrected chi connectivity index (χ4v) is 1.69. The number of hydrogen-bond donors (Lipinski definition) is 1. The van der Waals surface area contributed by atoms with Gasteiger partial charge in [0.05, 0.1) is 19.4 Å². The number of amides is 3. The Morgan fingerprint density at radius 3 is 2.75 bits per heavy atom. The van der Waals surface area contributed by atoms with E-state index in [1.807, 2.05) is 0 Å². The minimum absolute atomic E-state index is 0.0534. The number of hydrogen-bond acceptors (Lipinski definition) is 5. The summed E-state index contributed by atoms with van der Waals surface area (Å²) in [6.45, 7) is 2.34. The van der Waals surface area contributed by atoms with Crippen LogP contribution in [0.25, 0.3) is 0 Å². The average Bonchev–Trinajstić information content (AvgIpc) is 2.86. The van der Waals surface area contributed by atoms with Gasteiger partial charge >= 0.3 is 6.03 Å². The molecule has 20 heavy (non-hydrogen) atoms. The van der Waals surface area contributed by atoms with Crippen molar-refractivity contribution in [3.05, 3.63) is 6.20 Å². The van der Waals surface area contributed by atoms with Crippen LogP contribution in [0.15, 0.2) is 6.20 Å². The highest BCUT2D eigenvalue weighted by molar-refractivity contribution is 5.87. The van der Waals surface area contributed by atoms with Gasteiger partial charge in [-0.3, -0.25) is 10.1 Å². The Hall–Kier alpha value is -2.16. The van der Waals surface area contributed by atoms with Crippen molar-refractivity contribution in [2.45, 2.75) is 6.54 Å². The molecule has 0 spiro atoms. The number of rotatable bonds is 3. The summed E-state index contributed by atoms with van der Waals surface area (Å²) in [6.07, 6.45) is 1.41. The Morgan fingerprint density at radius 1 is 1.40 bits per heavy atom. The van der Waals surface area contributed by atoms with Crippen LogP contribution < -0.4 is 5.32 Å². The minimum atomic E-state index is -0.295. The van der Waals surface area contributed by atoms with E-state index in [9.17, 15) is 9.59 Å². The zero-order valence-electron chi connectivity index (χ0n) is 11.6. The van der Waals surface area contributed by atoms with Crippen LogP contribution in [0.3, 0.4) is 0 Å². The van der Waals surface area contributed by atoms with E-state index in [1.54, 1.807) is 19.0 Å². The molecular formula is C11H18N6O3. The highest BCUT2D eigenvalue weighted by Crippen LogP contribution is 2.02. The largest absolute Gasteiger partial charge is 0.378 e. The second-order valence-electron chi connectivity index (χ2n) is 4.58. The molecule has 2 rings (SSSR count). The highest BCUT2D eigenvalue weighted by atomic mass is 16.5. The third kappa shape index (κ3) is 3.67. The summed E-state index contributed by atoms with van der Waals surface area (Å²) in [4.78, 5) is 27.8. The summed E-state index contributed by atoms with van der Waals surface area (Å²) in [5.74, 6) is 0.257. The summed E-state index contributed by atoms with van der Waals surface area (Å²) in [5.41, 5.74) is 0. The van der Waals surface area contributed by atoms with E-state index in [4.69, 9.17) is 4.74 Å². The molecule has 2 heterocycles. The summed E-state index contributed by atoms with van der Waals surface area (Å²) < 4.78 is 5.19. The Kier molecular flexibility index (Phi) is 4.51. The minimum Gasteiger partial charge on any atom is -0.378 e. The predicted molar refractivity (Wildman–Crippen MR) is 70.1 cm³/mol. The monoisotopic (exact) mass is 282 g/mol. The van der Waals surface area contributed by atoms with Gasteiger partial charge < -0.3 is 14.5 Å². The van der Waals surface area contributed by atoms with Crippen LogP contribution in [-0.2, 0) is 16.1 Å². The molecule has 0 saturated carbocycles. The lowest BCUT2D eigenvalue weighted by Gasteiger charge is -2.26. The number of ether oxygens (including phenoxy) is 1. The number of nitrogens with one attached hydrogen (secondary N) is 1. The first-order valence-electron chi connectivity index (χ1n) is 6.30. The lowest BCUT2D eigenvalue weighted by Crippen LogP contribution is -2.42. The number of carbonyl (C=O) groups is 2. The van der Waals surface area contributed by atoms with Crippen LogP contribution >= 0.6 is 0 Å². The molecule has 3 amide bonds. The van der Waals surface area contributed by atoms with E-state index in [2.05, 4.69) is 15.5 Å². The summed E-state index contributed by atoms with van der Waals surface area (Å²) in [5, 5.41) is 10.6. The maximum absolute atomic E-state index is 12.0. The second kappa shape index (κ2) is 6.33. The van der Waals surface area contributed by atoms with Crippen molar-refractivity contribution in [1.82, 2.24) is 24.8 Å². The zero-order valence-corrected chi connectivity index (χ0v) is 11.6. The standard InChI is InChI=1S/C11H18N6O3/c1-15(2)11(19)13-9-7-12-17(14-9)8-10(18)16-3-5-20-6-4-16/h7H,3-6,8H2,1-2H3,(H,13,14,19). The van der Waals surface area contributed by atoms with Crippen molar-refractivity contribution in [3.8, 4) is 0 Å². The van der Waals surface area contributed by atoms with Gasteiger partial charge in [0, 0.05) is 27.2 Å². The molecule has 1 aliphatic heterocycles. The van der Waals surface area contributed by atoms with Crippen molar-refractivity contribution in [3.63, 3.8) is 0 Å². The molecule has 0 atom stereocenters. The van der Waals surface area contributed by atoms with Crippen LogP contribution in [-0.4, -0.2) is 77.1 Å². The van der Waals surface area contributed by atoms with Gasteiger partial charge in [0.2, 0.25) is 5.91 Å². The van der Waals surface area contributed by atoms with Gasteiger partial charge in [-0.1, -0.05) is 0 Å². The Balaban J connectivity index is 1.88. The topological polar surface area (TPSA) is 92.6 Å². The molecule has 0 aromatic carbocycles. The smallest absolute Gasteiger partial charge is 0.322 e. The van der Waals surface area contributed by atoms with Gasteiger partial charge in [-0.2, -0.15) is 9.90 Å². The van der Waals surface area contributed by atoms with E-state index < -0.39 is 0 Å². The Morgan fingerprint density at radius 2 is 2.10 bits per heavy atom. The van der Waals surface area contributed by atoms with E-state index >= 15 is 0 Å². The molecular weight excluding hydrogens is 264 g/mol. The molecule has 1 aliphatic rings. The number of aromatic nitrogens is 3. The summed E-state index contributed by atoms with van der Waals surface area (Å²) >= 11 is 0. The fourth-order valence-electron chi connectivity index (χ4n) is 1.69. The molecule has 110 valence electrons. The highest BCUT2D eigenvalue weighted by Gasteiger charge is 2.18. The van der Waals surface area contributed by atoms with Gasteiger partial charge in [-0.05, 0) is 0 Å². The SMILES string of the molecule is CN(C)C(=O)Nc1cnn(CC(=O)N2CCOCC2)n1. The molecule has 1 fully saturated rings.